The van der Waals surface area contributed by atoms with Crippen LogP contribution in [-0.4, -0.2) is 46.9 Å². The van der Waals surface area contributed by atoms with E-state index in [0.29, 0.717) is 34.6 Å². The van der Waals surface area contributed by atoms with E-state index >= 15 is 0 Å². The third-order valence-corrected chi connectivity index (χ3v) is 7.78. The summed E-state index contributed by atoms with van der Waals surface area (Å²) in [5, 5.41) is 22.9. The number of piperidine rings is 1. The molecule has 0 spiro atoms. The number of anilines is 1. The first-order valence-corrected chi connectivity index (χ1v) is 13.0. The molecular weight excluding hydrogens is 500 g/mol. The molecule has 1 unspecified atom stereocenters. The Labute approximate surface area is 218 Å². The molecular formula is C27H28BF3N2O5. The van der Waals surface area contributed by atoms with E-state index in [1.54, 1.807) is 24.3 Å². The summed E-state index contributed by atoms with van der Waals surface area (Å²) < 4.78 is 55.5. The third kappa shape index (κ3) is 5.15. The van der Waals surface area contributed by atoms with E-state index < -0.39 is 13.5 Å². The van der Waals surface area contributed by atoms with Crippen LogP contribution in [0.2, 0.25) is 0 Å². The van der Waals surface area contributed by atoms with Gasteiger partial charge in [-0.05, 0) is 68.3 Å². The van der Waals surface area contributed by atoms with Gasteiger partial charge in [0, 0.05) is 34.8 Å². The van der Waals surface area contributed by atoms with Crippen LogP contribution in [0.5, 0.6) is 5.75 Å². The van der Waals surface area contributed by atoms with Gasteiger partial charge in [0.15, 0.2) is 0 Å². The van der Waals surface area contributed by atoms with Crippen LogP contribution in [0.4, 0.5) is 18.9 Å². The number of hydrogen-bond donors (Lipinski definition) is 2. The number of para-hydroxylation sites is 1. The summed E-state index contributed by atoms with van der Waals surface area (Å²) in [5.41, 5.74) is 2.76. The van der Waals surface area contributed by atoms with Gasteiger partial charge in [-0.1, -0.05) is 29.4 Å². The molecule has 3 heterocycles. The number of halogens is 3. The van der Waals surface area contributed by atoms with Gasteiger partial charge in [0.05, 0.1) is 12.7 Å². The molecule has 200 valence electrons. The number of nitrogens with zero attached hydrogens (tertiary/aromatic N) is 2. The van der Waals surface area contributed by atoms with Crippen molar-refractivity contribution in [3.8, 4) is 17.0 Å². The van der Waals surface area contributed by atoms with Crippen molar-refractivity contribution < 1.29 is 37.2 Å². The van der Waals surface area contributed by atoms with Gasteiger partial charge >= 0.3 is 13.5 Å². The van der Waals surface area contributed by atoms with Crippen LogP contribution in [0.25, 0.3) is 11.3 Å². The molecule has 2 aromatic carbocycles. The highest BCUT2D eigenvalue weighted by atomic mass is 19.4. The number of hydrogen-bond acceptors (Lipinski definition) is 7. The van der Waals surface area contributed by atoms with E-state index in [1.807, 2.05) is 12.1 Å². The molecule has 7 nitrogen and oxygen atoms in total. The fourth-order valence-corrected chi connectivity index (χ4v) is 5.92. The molecule has 11 heteroatoms. The normalized spacial score (nSPS) is 23.1. The molecule has 38 heavy (non-hydrogen) atoms. The first-order valence-electron chi connectivity index (χ1n) is 13.0. The highest BCUT2D eigenvalue weighted by Gasteiger charge is 2.42. The molecule has 3 atom stereocenters. The summed E-state index contributed by atoms with van der Waals surface area (Å²) in [7, 11) is -1.49. The van der Waals surface area contributed by atoms with Crippen molar-refractivity contribution in [3.63, 3.8) is 0 Å². The second kappa shape index (κ2) is 9.94. The molecule has 2 aliphatic heterocycles. The van der Waals surface area contributed by atoms with Crippen molar-refractivity contribution in [2.75, 3.05) is 4.90 Å². The van der Waals surface area contributed by atoms with Gasteiger partial charge in [-0.2, -0.15) is 0 Å². The fraction of sp³-hybridized carbons (Fsp3) is 0.444. The zero-order chi connectivity index (χ0) is 26.4. The highest BCUT2D eigenvalue weighted by molar-refractivity contribution is 6.58. The summed E-state index contributed by atoms with van der Waals surface area (Å²) in [6.07, 6.45) is 0.835. The van der Waals surface area contributed by atoms with Crippen molar-refractivity contribution in [2.45, 2.75) is 75.6 Å². The van der Waals surface area contributed by atoms with Crippen LogP contribution < -0.4 is 15.1 Å². The van der Waals surface area contributed by atoms with E-state index in [2.05, 4.69) is 14.8 Å². The zero-order valence-corrected chi connectivity index (χ0v) is 20.6. The van der Waals surface area contributed by atoms with Crippen LogP contribution in [-0.2, 0) is 11.3 Å². The maximum atomic E-state index is 13.0. The maximum Gasteiger partial charge on any atom is 0.573 e. The monoisotopic (exact) mass is 528 g/mol. The van der Waals surface area contributed by atoms with Crippen LogP contribution in [0, 0.1) is 0 Å². The van der Waals surface area contributed by atoms with E-state index in [0.717, 1.165) is 44.2 Å². The van der Waals surface area contributed by atoms with E-state index in [-0.39, 0.29) is 29.9 Å². The van der Waals surface area contributed by atoms with E-state index in [1.165, 1.54) is 12.1 Å². The van der Waals surface area contributed by atoms with Crippen molar-refractivity contribution in [1.29, 1.82) is 0 Å². The van der Waals surface area contributed by atoms with Gasteiger partial charge in [0.25, 0.3) is 0 Å². The van der Waals surface area contributed by atoms with Crippen molar-refractivity contribution in [3.05, 3.63) is 59.9 Å². The standard InChI is InChI=1S/C27H28BF3N2O5/c29-27(30,31)37-24-4-2-1-3-22(24)25-23(26(38-32-25)16-5-6-16)15-36-21-13-19-11-12-20(14-21)33(19)18-9-7-17(8-10-18)28(34)35/h1-4,7-10,16,19-21,34-35H,5-6,11-15H2/t19-,20+,21?. The molecule has 2 N–H and O–H groups in total. The summed E-state index contributed by atoms with van der Waals surface area (Å²) in [6.45, 7) is 0.207. The number of rotatable bonds is 8. The van der Waals surface area contributed by atoms with E-state index in [4.69, 9.17) is 9.26 Å². The van der Waals surface area contributed by atoms with Crippen molar-refractivity contribution >= 4 is 18.3 Å². The summed E-state index contributed by atoms with van der Waals surface area (Å²) in [4.78, 5) is 2.40. The predicted octanol–water partition coefficient (Wildman–Crippen LogP) is 4.51. The Hall–Kier alpha value is -3.02. The predicted molar refractivity (Wildman–Crippen MR) is 134 cm³/mol. The minimum atomic E-state index is -4.82. The van der Waals surface area contributed by atoms with Crippen LogP contribution in [0.3, 0.4) is 0 Å². The Morgan fingerprint density at radius 1 is 0.974 bits per heavy atom. The lowest BCUT2D eigenvalue weighted by Crippen LogP contribution is -2.45. The number of alkyl halides is 3. The SMILES string of the molecule is OB(O)c1ccc(N2[C@@H]3CC[C@H]2CC(OCc2c(-c4ccccc4OC(F)(F)F)noc2C2CC2)C3)cc1. The van der Waals surface area contributed by atoms with Crippen LogP contribution >= 0.6 is 0 Å². The Kier molecular flexibility index (Phi) is 6.61. The lowest BCUT2D eigenvalue weighted by atomic mass is 9.80. The number of ether oxygens (including phenoxy) is 2. The van der Waals surface area contributed by atoms with Crippen LogP contribution in [0.1, 0.15) is 55.8 Å². The second-order valence-electron chi connectivity index (χ2n) is 10.4. The molecule has 3 aromatic rings. The summed E-state index contributed by atoms with van der Waals surface area (Å²) in [5.74, 6) is 0.584. The van der Waals surface area contributed by atoms with Gasteiger partial charge in [-0.3, -0.25) is 0 Å². The fourth-order valence-electron chi connectivity index (χ4n) is 5.92. The first kappa shape index (κ1) is 25.3. The Bertz CT molecular complexity index is 1260. The van der Waals surface area contributed by atoms with Gasteiger partial charge in [0.1, 0.15) is 17.2 Å². The summed E-state index contributed by atoms with van der Waals surface area (Å²) >= 11 is 0. The van der Waals surface area contributed by atoms with Crippen LogP contribution in [0.15, 0.2) is 53.1 Å². The molecule has 2 bridgehead atoms. The van der Waals surface area contributed by atoms with E-state index in [9.17, 15) is 23.2 Å². The molecule has 1 saturated carbocycles. The molecule has 2 saturated heterocycles. The van der Waals surface area contributed by atoms with Gasteiger partial charge in [-0.25, -0.2) is 0 Å². The average molecular weight is 528 g/mol. The number of benzene rings is 2. The Morgan fingerprint density at radius 3 is 2.29 bits per heavy atom. The second-order valence-corrected chi connectivity index (χ2v) is 10.4. The first-order chi connectivity index (χ1) is 18.3. The smallest absolute Gasteiger partial charge is 0.423 e. The molecule has 1 aliphatic carbocycles. The van der Waals surface area contributed by atoms with Crippen molar-refractivity contribution in [2.24, 2.45) is 0 Å². The number of fused-ring (bicyclic) bond motifs is 2. The number of aromatic nitrogens is 1. The summed E-state index contributed by atoms with van der Waals surface area (Å²) in [6, 6.07) is 13.9. The lowest BCUT2D eigenvalue weighted by molar-refractivity contribution is -0.274. The molecule has 0 radical (unpaired) electrons. The lowest BCUT2D eigenvalue weighted by Gasteiger charge is -2.40. The van der Waals surface area contributed by atoms with Crippen molar-refractivity contribution in [1.82, 2.24) is 5.16 Å². The largest absolute Gasteiger partial charge is 0.573 e. The quantitative estimate of drug-likeness (QED) is 0.416. The third-order valence-electron chi connectivity index (χ3n) is 7.78. The topological polar surface area (TPSA) is 88.2 Å². The maximum absolute atomic E-state index is 13.0. The average Bonchev–Trinajstić information content (AvgIpc) is 3.58. The molecule has 0 amide bonds. The van der Waals surface area contributed by atoms with Gasteiger partial charge in [0.2, 0.25) is 0 Å². The molecule has 3 fully saturated rings. The molecule has 6 rings (SSSR count). The highest BCUT2D eigenvalue weighted by Crippen LogP contribution is 2.46. The molecule has 1 aromatic heterocycles. The Balaban J connectivity index is 1.19. The zero-order valence-electron chi connectivity index (χ0n) is 20.6. The Morgan fingerprint density at radius 2 is 1.66 bits per heavy atom. The minimum Gasteiger partial charge on any atom is -0.423 e. The van der Waals surface area contributed by atoms with Gasteiger partial charge < -0.3 is 28.9 Å². The molecule has 3 aliphatic rings. The van der Waals surface area contributed by atoms with Gasteiger partial charge in [-0.15, -0.1) is 13.2 Å². The minimum absolute atomic E-state index is 0.00115.